The molecule has 1 rings (SSSR count). The van der Waals surface area contributed by atoms with Gasteiger partial charge in [0, 0.05) is 16.6 Å². The summed E-state index contributed by atoms with van der Waals surface area (Å²) < 4.78 is 36.3. The van der Waals surface area contributed by atoms with Crippen LogP contribution < -0.4 is 5.73 Å². The van der Waals surface area contributed by atoms with Crippen molar-refractivity contribution < 1.29 is 18.3 Å². The molecule has 0 saturated heterocycles. The molecule has 0 aromatic heterocycles. The van der Waals surface area contributed by atoms with Crippen LogP contribution in [-0.4, -0.2) is 11.3 Å². The fraction of sp³-hybridized carbons (Fsp3) is 0.333. The highest BCUT2D eigenvalue weighted by Gasteiger charge is 2.32. The van der Waals surface area contributed by atoms with E-state index in [-0.39, 0.29) is 15.6 Å². The van der Waals surface area contributed by atoms with Gasteiger partial charge in [-0.25, -0.2) is 0 Å². The topological polar surface area (TPSA) is 46.2 Å². The van der Waals surface area contributed by atoms with Gasteiger partial charge in [-0.3, -0.25) is 0 Å². The Labute approximate surface area is 99.8 Å². The summed E-state index contributed by atoms with van der Waals surface area (Å²) in [5.41, 5.74) is 5.18. The molecule has 0 radical (unpaired) electrons. The van der Waals surface area contributed by atoms with Crippen molar-refractivity contribution in [1.29, 1.82) is 0 Å². The number of phenols is 1. The van der Waals surface area contributed by atoms with Crippen molar-refractivity contribution in [3.63, 3.8) is 0 Å². The van der Waals surface area contributed by atoms with Crippen molar-refractivity contribution >= 4 is 23.2 Å². The smallest absolute Gasteiger partial charge is 0.390 e. The summed E-state index contributed by atoms with van der Waals surface area (Å²) in [4.78, 5) is 0. The molecule has 0 fully saturated rings. The molecule has 0 aliphatic rings. The lowest BCUT2D eigenvalue weighted by Crippen LogP contribution is -2.20. The van der Waals surface area contributed by atoms with Crippen LogP contribution in [0.4, 0.5) is 13.2 Å². The normalized spacial score (nSPS) is 13.9. The van der Waals surface area contributed by atoms with E-state index in [9.17, 15) is 18.3 Å². The van der Waals surface area contributed by atoms with Crippen molar-refractivity contribution in [1.82, 2.24) is 0 Å². The summed E-state index contributed by atoms with van der Waals surface area (Å²) in [5, 5.41) is 9.47. The average Bonchev–Trinajstić information content (AvgIpc) is 1.96. The van der Waals surface area contributed by atoms with E-state index in [1.807, 2.05) is 0 Å². The number of halogens is 5. The quantitative estimate of drug-likeness (QED) is 0.864. The highest BCUT2D eigenvalue weighted by molar-refractivity contribution is 6.35. The van der Waals surface area contributed by atoms with Crippen molar-refractivity contribution in [2.75, 3.05) is 0 Å². The molecule has 0 aliphatic heterocycles. The molecule has 1 aromatic rings. The molecule has 0 bridgehead atoms. The maximum absolute atomic E-state index is 12.1. The minimum Gasteiger partial charge on any atom is -0.508 e. The molecular weight excluding hydrogens is 266 g/mol. The largest absolute Gasteiger partial charge is 0.508 e. The molecular formula is C9H8Cl2F3NO. The summed E-state index contributed by atoms with van der Waals surface area (Å²) >= 11 is 11.2. The van der Waals surface area contributed by atoms with Crippen molar-refractivity contribution in [3.8, 4) is 5.75 Å². The predicted molar refractivity (Wildman–Crippen MR) is 55.7 cm³/mol. The zero-order chi connectivity index (χ0) is 12.5. The Bertz CT molecular complexity index is 372. The number of alkyl halides is 3. The molecule has 1 aromatic carbocycles. The third-order valence-electron chi connectivity index (χ3n) is 1.89. The van der Waals surface area contributed by atoms with E-state index in [4.69, 9.17) is 28.9 Å². The van der Waals surface area contributed by atoms with E-state index in [0.717, 1.165) is 6.07 Å². The van der Waals surface area contributed by atoms with Gasteiger partial charge in [0.15, 0.2) is 0 Å². The summed E-state index contributed by atoms with van der Waals surface area (Å²) in [7, 11) is 0. The van der Waals surface area contributed by atoms with Crippen LogP contribution >= 0.6 is 23.2 Å². The number of hydrogen-bond donors (Lipinski definition) is 2. The number of aromatic hydroxyl groups is 1. The first kappa shape index (κ1) is 13.4. The number of rotatable bonds is 2. The first-order valence-electron chi connectivity index (χ1n) is 4.21. The fourth-order valence-corrected chi connectivity index (χ4v) is 1.91. The van der Waals surface area contributed by atoms with Crippen molar-refractivity contribution in [2.24, 2.45) is 5.73 Å². The molecule has 90 valence electrons. The number of benzene rings is 1. The van der Waals surface area contributed by atoms with E-state index in [2.05, 4.69) is 0 Å². The first-order chi connectivity index (χ1) is 7.20. The van der Waals surface area contributed by atoms with E-state index in [1.165, 1.54) is 6.07 Å². The molecule has 0 aliphatic carbocycles. The lowest BCUT2D eigenvalue weighted by atomic mass is 10.0. The van der Waals surface area contributed by atoms with Gasteiger partial charge >= 0.3 is 6.18 Å². The van der Waals surface area contributed by atoms with E-state index in [0.29, 0.717) is 0 Å². The van der Waals surface area contributed by atoms with Crippen molar-refractivity contribution in [3.05, 3.63) is 27.7 Å². The minimum atomic E-state index is -4.42. The van der Waals surface area contributed by atoms with Crippen LogP contribution in [0.1, 0.15) is 18.0 Å². The second-order valence-corrected chi connectivity index (χ2v) is 4.09. The molecule has 0 unspecified atom stereocenters. The molecule has 0 heterocycles. The van der Waals surface area contributed by atoms with Gasteiger partial charge in [0.2, 0.25) is 0 Å². The molecule has 2 nitrogen and oxygen atoms in total. The van der Waals surface area contributed by atoms with Gasteiger partial charge in [0.1, 0.15) is 5.75 Å². The van der Waals surface area contributed by atoms with Gasteiger partial charge in [-0.05, 0) is 12.1 Å². The van der Waals surface area contributed by atoms with Gasteiger partial charge in [-0.1, -0.05) is 23.2 Å². The Hall–Kier alpha value is -0.650. The van der Waals surface area contributed by atoms with Crippen LogP contribution in [0.25, 0.3) is 0 Å². The Morgan fingerprint density at radius 2 is 1.88 bits per heavy atom. The van der Waals surface area contributed by atoms with Crippen LogP contribution in [-0.2, 0) is 0 Å². The second kappa shape index (κ2) is 4.69. The van der Waals surface area contributed by atoms with Crippen molar-refractivity contribution in [2.45, 2.75) is 18.6 Å². The van der Waals surface area contributed by atoms with Gasteiger partial charge in [-0.15, -0.1) is 0 Å². The SMILES string of the molecule is N[C@@H](CC(F)(F)F)c1c(O)cc(Cl)cc1Cl. The van der Waals surface area contributed by atoms with E-state index < -0.39 is 24.4 Å². The Balaban J connectivity index is 3.04. The average molecular weight is 274 g/mol. The summed E-state index contributed by atoms with van der Waals surface area (Å²) in [6, 6.07) is 0.915. The zero-order valence-corrected chi connectivity index (χ0v) is 9.37. The Morgan fingerprint density at radius 3 is 2.31 bits per heavy atom. The maximum Gasteiger partial charge on any atom is 0.390 e. The predicted octanol–water partition coefficient (Wildman–Crippen LogP) is 3.65. The Kier molecular flexibility index (Phi) is 3.93. The monoisotopic (exact) mass is 273 g/mol. The van der Waals surface area contributed by atoms with Crippen LogP contribution in [0, 0.1) is 0 Å². The number of hydrogen-bond acceptors (Lipinski definition) is 2. The van der Waals surface area contributed by atoms with Gasteiger partial charge < -0.3 is 10.8 Å². The summed E-state index contributed by atoms with van der Waals surface area (Å²) in [5.74, 6) is -0.436. The fourth-order valence-electron chi connectivity index (χ4n) is 1.29. The van der Waals surface area contributed by atoms with Crippen LogP contribution in [0.15, 0.2) is 12.1 Å². The third-order valence-corrected chi connectivity index (χ3v) is 2.43. The second-order valence-electron chi connectivity index (χ2n) is 3.25. The van der Waals surface area contributed by atoms with E-state index >= 15 is 0 Å². The maximum atomic E-state index is 12.1. The third kappa shape index (κ3) is 3.43. The minimum absolute atomic E-state index is 0.0817. The van der Waals surface area contributed by atoms with Gasteiger partial charge in [-0.2, -0.15) is 13.2 Å². The number of phenolic OH excluding ortho intramolecular Hbond substituents is 1. The standard InChI is InChI=1S/C9H8Cl2F3NO/c10-4-1-5(11)8(7(16)2-4)6(15)3-9(12,13)14/h1-2,6,16H,3,15H2/t6-/m0/s1. The molecule has 1 atom stereocenters. The van der Waals surface area contributed by atoms with Crippen LogP contribution in [0.2, 0.25) is 10.0 Å². The molecule has 0 spiro atoms. The first-order valence-corrected chi connectivity index (χ1v) is 4.96. The van der Waals surface area contributed by atoms with Crippen LogP contribution in [0.5, 0.6) is 5.75 Å². The number of nitrogens with two attached hydrogens (primary N) is 1. The highest BCUT2D eigenvalue weighted by atomic mass is 35.5. The molecule has 7 heteroatoms. The lowest BCUT2D eigenvalue weighted by Gasteiger charge is -2.17. The van der Waals surface area contributed by atoms with Gasteiger partial charge in [0.05, 0.1) is 11.4 Å². The highest BCUT2D eigenvalue weighted by Crippen LogP contribution is 2.38. The van der Waals surface area contributed by atoms with E-state index in [1.54, 1.807) is 0 Å². The summed E-state index contributed by atoms with van der Waals surface area (Å²) in [6.45, 7) is 0. The van der Waals surface area contributed by atoms with Gasteiger partial charge in [0.25, 0.3) is 0 Å². The molecule has 16 heavy (non-hydrogen) atoms. The van der Waals surface area contributed by atoms with Crippen LogP contribution in [0.3, 0.4) is 0 Å². The summed E-state index contributed by atoms with van der Waals surface area (Å²) in [6.07, 6.45) is -5.68. The zero-order valence-electron chi connectivity index (χ0n) is 7.85. The lowest BCUT2D eigenvalue weighted by molar-refractivity contribution is -0.138. The Morgan fingerprint density at radius 1 is 1.31 bits per heavy atom. The molecule has 0 saturated carbocycles. The molecule has 0 amide bonds. The molecule has 3 N–H and O–H groups in total.